The summed E-state index contributed by atoms with van der Waals surface area (Å²) in [6.07, 6.45) is 7.80. The molecular weight excluding hydrogens is 236 g/mol. The third kappa shape index (κ3) is 1.90. The smallest absolute Gasteiger partial charge is 0.158 e. The number of rotatable bonds is 1. The maximum atomic E-state index is 6.26. The lowest BCUT2D eigenvalue weighted by molar-refractivity contribution is -0.188. The minimum atomic E-state index is 0.0237. The Bertz CT molecular complexity index is 364. The Morgan fingerprint density at radius 3 is 2.42 bits per heavy atom. The standard InChI is InChI=1S/C17H30O2/c1-15(2)8-6-9-16(3)12(15)7-10-17(4)13(16)11-14(18-5)19-17/h12-14H,6-11H2,1-5H3/t12-,13+,14?,16-,17+/m0/s1. The van der Waals surface area contributed by atoms with Crippen molar-refractivity contribution in [3.8, 4) is 0 Å². The molecule has 0 aromatic heterocycles. The lowest BCUT2D eigenvalue weighted by Crippen LogP contribution is -2.55. The normalized spacial score (nSPS) is 52.6. The molecule has 0 amide bonds. The highest BCUT2D eigenvalue weighted by atomic mass is 16.7. The first-order valence-electron chi connectivity index (χ1n) is 8.02. The van der Waals surface area contributed by atoms with Gasteiger partial charge < -0.3 is 9.47 Å². The van der Waals surface area contributed by atoms with E-state index < -0.39 is 0 Å². The van der Waals surface area contributed by atoms with Crippen LogP contribution in [0, 0.1) is 22.7 Å². The average molecular weight is 266 g/mol. The molecule has 3 aliphatic rings. The van der Waals surface area contributed by atoms with E-state index in [0.717, 1.165) is 12.3 Å². The SMILES string of the molecule is COC1C[C@@H]2[C@@]3(C)CCCC(C)(C)[C@@H]3CC[C@@]2(C)O1. The second-order valence-electron chi connectivity index (χ2n) is 8.32. The fraction of sp³-hybridized carbons (Fsp3) is 1.00. The third-order valence-electron chi connectivity index (χ3n) is 6.83. The van der Waals surface area contributed by atoms with Crippen molar-refractivity contribution >= 4 is 0 Å². The Kier molecular flexibility index (Phi) is 3.07. The Balaban J connectivity index is 1.94. The summed E-state index contributed by atoms with van der Waals surface area (Å²) in [7, 11) is 1.79. The molecular formula is C17H30O2. The molecule has 0 spiro atoms. The van der Waals surface area contributed by atoms with Crippen LogP contribution in [0.3, 0.4) is 0 Å². The van der Waals surface area contributed by atoms with Crippen molar-refractivity contribution in [3.05, 3.63) is 0 Å². The predicted molar refractivity (Wildman–Crippen MR) is 76.9 cm³/mol. The van der Waals surface area contributed by atoms with E-state index in [0.29, 0.717) is 16.7 Å². The zero-order valence-electron chi connectivity index (χ0n) is 13.3. The Hall–Kier alpha value is -0.0800. The van der Waals surface area contributed by atoms with Crippen molar-refractivity contribution in [2.24, 2.45) is 22.7 Å². The van der Waals surface area contributed by atoms with Gasteiger partial charge in [-0.2, -0.15) is 0 Å². The number of methoxy groups -OCH3 is 1. The zero-order valence-corrected chi connectivity index (χ0v) is 13.3. The van der Waals surface area contributed by atoms with Gasteiger partial charge in [-0.3, -0.25) is 0 Å². The number of hydrogen-bond acceptors (Lipinski definition) is 2. The molecule has 3 rings (SSSR count). The molecule has 1 saturated heterocycles. The monoisotopic (exact) mass is 266 g/mol. The van der Waals surface area contributed by atoms with Gasteiger partial charge in [-0.15, -0.1) is 0 Å². The van der Waals surface area contributed by atoms with E-state index in [9.17, 15) is 0 Å². The first kappa shape index (κ1) is 13.9. The van der Waals surface area contributed by atoms with Crippen molar-refractivity contribution in [1.29, 1.82) is 0 Å². The summed E-state index contributed by atoms with van der Waals surface area (Å²) in [5, 5.41) is 0. The number of hydrogen-bond donors (Lipinski definition) is 0. The van der Waals surface area contributed by atoms with Crippen LogP contribution in [0.1, 0.15) is 66.2 Å². The minimum absolute atomic E-state index is 0.0237. The summed E-state index contributed by atoms with van der Waals surface area (Å²) in [5.74, 6) is 1.52. The summed E-state index contributed by atoms with van der Waals surface area (Å²) in [5.41, 5.74) is 1.00. The van der Waals surface area contributed by atoms with Gasteiger partial charge in [0.1, 0.15) is 0 Å². The molecule has 19 heavy (non-hydrogen) atoms. The largest absolute Gasteiger partial charge is 0.356 e. The Morgan fingerprint density at radius 1 is 1.00 bits per heavy atom. The lowest BCUT2D eigenvalue weighted by atomic mass is 9.45. The van der Waals surface area contributed by atoms with Crippen molar-refractivity contribution in [2.75, 3.05) is 7.11 Å². The molecule has 5 atom stereocenters. The maximum Gasteiger partial charge on any atom is 0.158 e. The van der Waals surface area contributed by atoms with Gasteiger partial charge in [-0.1, -0.05) is 27.2 Å². The molecule has 0 radical (unpaired) electrons. The second kappa shape index (κ2) is 4.21. The molecule has 2 saturated carbocycles. The van der Waals surface area contributed by atoms with Crippen molar-refractivity contribution in [2.45, 2.75) is 78.1 Å². The summed E-state index contributed by atoms with van der Waals surface area (Å²) >= 11 is 0. The van der Waals surface area contributed by atoms with Crippen LogP contribution in [0.4, 0.5) is 0 Å². The van der Waals surface area contributed by atoms with E-state index in [2.05, 4.69) is 27.7 Å². The fourth-order valence-electron chi connectivity index (χ4n) is 5.95. The summed E-state index contributed by atoms with van der Waals surface area (Å²) < 4.78 is 11.8. The fourth-order valence-corrected chi connectivity index (χ4v) is 5.95. The van der Waals surface area contributed by atoms with Crippen LogP contribution >= 0.6 is 0 Å². The minimum Gasteiger partial charge on any atom is -0.356 e. The van der Waals surface area contributed by atoms with Crippen LogP contribution in [0.5, 0.6) is 0 Å². The highest BCUT2D eigenvalue weighted by Gasteiger charge is 2.62. The van der Waals surface area contributed by atoms with Crippen LogP contribution in [0.25, 0.3) is 0 Å². The molecule has 2 heteroatoms. The van der Waals surface area contributed by atoms with Crippen LogP contribution in [-0.4, -0.2) is 19.0 Å². The highest BCUT2D eigenvalue weighted by molar-refractivity contribution is 5.10. The van der Waals surface area contributed by atoms with Crippen LogP contribution in [-0.2, 0) is 9.47 Å². The summed E-state index contributed by atoms with van der Waals surface area (Å²) in [6.45, 7) is 9.85. The van der Waals surface area contributed by atoms with Crippen molar-refractivity contribution in [3.63, 3.8) is 0 Å². The van der Waals surface area contributed by atoms with Gasteiger partial charge in [0.2, 0.25) is 0 Å². The molecule has 0 aromatic carbocycles. The maximum absolute atomic E-state index is 6.26. The molecule has 3 fully saturated rings. The summed E-state index contributed by atoms with van der Waals surface area (Å²) in [6, 6.07) is 0. The topological polar surface area (TPSA) is 18.5 Å². The van der Waals surface area contributed by atoms with Crippen LogP contribution in [0.15, 0.2) is 0 Å². The molecule has 110 valence electrons. The molecule has 0 bridgehead atoms. The first-order chi connectivity index (χ1) is 8.82. The van der Waals surface area contributed by atoms with Gasteiger partial charge in [0.15, 0.2) is 6.29 Å². The number of ether oxygens (including phenoxy) is 2. The number of fused-ring (bicyclic) bond motifs is 3. The summed E-state index contributed by atoms with van der Waals surface area (Å²) in [4.78, 5) is 0. The first-order valence-corrected chi connectivity index (χ1v) is 8.02. The molecule has 1 heterocycles. The van der Waals surface area contributed by atoms with Crippen LogP contribution < -0.4 is 0 Å². The van der Waals surface area contributed by atoms with E-state index in [1.165, 1.54) is 32.1 Å². The zero-order chi connectivity index (χ0) is 13.9. The van der Waals surface area contributed by atoms with Gasteiger partial charge in [0.05, 0.1) is 5.60 Å². The van der Waals surface area contributed by atoms with E-state index >= 15 is 0 Å². The molecule has 1 aliphatic heterocycles. The Labute approximate surface area is 118 Å². The van der Waals surface area contributed by atoms with Gasteiger partial charge in [0, 0.05) is 13.5 Å². The quantitative estimate of drug-likeness (QED) is 0.701. The van der Waals surface area contributed by atoms with E-state index in [4.69, 9.17) is 9.47 Å². The average Bonchev–Trinajstić information content (AvgIpc) is 2.66. The van der Waals surface area contributed by atoms with Crippen LogP contribution in [0.2, 0.25) is 0 Å². The van der Waals surface area contributed by atoms with Gasteiger partial charge in [-0.25, -0.2) is 0 Å². The molecule has 2 nitrogen and oxygen atoms in total. The van der Waals surface area contributed by atoms with Gasteiger partial charge >= 0.3 is 0 Å². The van der Waals surface area contributed by atoms with E-state index in [1.54, 1.807) is 7.11 Å². The molecule has 1 unspecified atom stereocenters. The lowest BCUT2D eigenvalue weighted by Gasteiger charge is -2.60. The second-order valence-corrected chi connectivity index (χ2v) is 8.32. The van der Waals surface area contributed by atoms with Gasteiger partial charge in [-0.05, 0) is 55.3 Å². The van der Waals surface area contributed by atoms with Crippen molar-refractivity contribution < 1.29 is 9.47 Å². The predicted octanol–water partition coefficient (Wildman–Crippen LogP) is 4.38. The van der Waals surface area contributed by atoms with Gasteiger partial charge in [0.25, 0.3) is 0 Å². The van der Waals surface area contributed by atoms with E-state index in [1.807, 2.05) is 0 Å². The highest BCUT2D eigenvalue weighted by Crippen LogP contribution is 2.65. The van der Waals surface area contributed by atoms with Crippen molar-refractivity contribution in [1.82, 2.24) is 0 Å². The molecule has 0 N–H and O–H groups in total. The Morgan fingerprint density at radius 2 is 1.74 bits per heavy atom. The molecule has 2 aliphatic carbocycles. The molecule has 0 aromatic rings. The van der Waals surface area contributed by atoms with E-state index in [-0.39, 0.29) is 11.9 Å². The third-order valence-corrected chi connectivity index (χ3v) is 6.83.